The summed E-state index contributed by atoms with van der Waals surface area (Å²) in [5.74, 6) is 1.45. The van der Waals surface area contributed by atoms with Crippen molar-refractivity contribution in [2.24, 2.45) is 7.05 Å². The summed E-state index contributed by atoms with van der Waals surface area (Å²) in [7, 11) is 3.55. The van der Waals surface area contributed by atoms with Crippen molar-refractivity contribution in [1.29, 1.82) is 0 Å². The molecule has 29 heavy (non-hydrogen) atoms. The Labute approximate surface area is 169 Å². The standard InChI is InChI=1S/C23H24N4O2/c1-27-14-13-24-23(27)22(18-8-4-6-10-20(18)29-2)26-21(28)12-11-16-15-25-19-9-5-3-7-17(16)19/h3-10,13-15,22,25H,11-12H2,1-2H3,(H,26,28). The maximum atomic E-state index is 12.9. The number of amides is 1. The van der Waals surface area contributed by atoms with Gasteiger partial charge in [-0.25, -0.2) is 4.98 Å². The lowest BCUT2D eigenvalue weighted by Gasteiger charge is -2.21. The first-order valence-corrected chi connectivity index (χ1v) is 9.62. The minimum Gasteiger partial charge on any atom is -0.496 e. The Morgan fingerprint density at radius 1 is 1.21 bits per heavy atom. The Hall–Kier alpha value is -3.54. The second-order valence-corrected chi connectivity index (χ2v) is 7.00. The Balaban J connectivity index is 1.54. The zero-order chi connectivity index (χ0) is 20.2. The molecule has 0 aliphatic carbocycles. The van der Waals surface area contributed by atoms with Crippen LogP contribution in [0.2, 0.25) is 0 Å². The quantitative estimate of drug-likeness (QED) is 0.506. The number of carbonyl (C=O) groups excluding carboxylic acids is 1. The first kappa shape index (κ1) is 18.8. The van der Waals surface area contributed by atoms with E-state index in [-0.39, 0.29) is 11.9 Å². The molecule has 4 rings (SSSR count). The van der Waals surface area contributed by atoms with Crippen LogP contribution in [0.3, 0.4) is 0 Å². The molecule has 4 aromatic rings. The topological polar surface area (TPSA) is 71.9 Å². The third-order valence-corrected chi connectivity index (χ3v) is 5.17. The molecule has 0 saturated heterocycles. The number of hydrogen-bond donors (Lipinski definition) is 2. The smallest absolute Gasteiger partial charge is 0.221 e. The van der Waals surface area contributed by atoms with Crippen molar-refractivity contribution in [2.45, 2.75) is 18.9 Å². The average molecular weight is 388 g/mol. The van der Waals surface area contributed by atoms with E-state index in [0.717, 1.165) is 33.6 Å². The molecule has 0 aliphatic rings. The van der Waals surface area contributed by atoms with Crippen LogP contribution in [-0.4, -0.2) is 27.6 Å². The largest absolute Gasteiger partial charge is 0.496 e. The normalized spacial score (nSPS) is 12.1. The zero-order valence-corrected chi connectivity index (χ0v) is 16.6. The molecule has 0 saturated carbocycles. The van der Waals surface area contributed by atoms with Gasteiger partial charge >= 0.3 is 0 Å². The third kappa shape index (κ3) is 3.87. The van der Waals surface area contributed by atoms with Gasteiger partial charge in [0.1, 0.15) is 17.6 Å². The molecule has 1 unspecified atom stereocenters. The molecule has 2 aromatic heterocycles. The van der Waals surface area contributed by atoms with E-state index in [1.54, 1.807) is 13.3 Å². The third-order valence-electron chi connectivity index (χ3n) is 5.17. The van der Waals surface area contributed by atoms with Crippen LogP contribution in [-0.2, 0) is 18.3 Å². The summed E-state index contributed by atoms with van der Waals surface area (Å²) in [5, 5.41) is 4.31. The van der Waals surface area contributed by atoms with Crippen molar-refractivity contribution < 1.29 is 9.53 Å². The van der Waals surface area contributed by atoms with E-state index in [1.165, 1.54) is 0 Å². The van der Waals surface area contributed by atoms with Crippen LogP contribution >= 0.6 is 0 Å². The highest BCUT2D eigenvalue weighted by Gasteiger charge is 2.23. The summed E-state index contributed by atoms with van der Waals surface area (Å²) in [6, 6.07) is 15.4. The summed E-state index contributed by atoms with van der Waals surface area (Å²) in [6.07, 6.45) is 6.63. The Kier molecular flexibility index (Phi) is 5.33. The molecular weight excluding hydrogens is 364 g/mol. The Morgan fingerprint density at radius 2 is 2.00 bits per heavy atom. The molecule has 1 amide bonds. The first-order chi connectivity index (χ1) is 14.2. The molecule has 0 aliphatic heterocycles. The van der Waals surface area contributed by atoms with Crippen molar-refractivity contribution in [3.8, 4) is 5.75 Å². The zero-order valence-electron chi connectivity index (χ0n) is 16.6. The Morgan fingerprint density at radius 3 is 2.79 bits per heavy atom. The molecule has 0 fully saturated rings. The van der Waals surface area contributed by atoms with Crippen LogP contribution in [0.5, 0.6) is 5.75 Å². The maximum absolute atomic E-state index is 12.9. The van der Waals surface area contributed by atoms with E-state index < -0.39 is 0 Å². The predicted molar refractivity (Wildman–Crippen MR) is 113 cm³/mol. The minimum absolute atomic E-state index is 0.0332. The van der Waals surface area contributed by atoms with Gasteiger partial charge in [0.15, 0.2) is 0 Å². The number of H-pyrrole nitrogens is 1. The molecule has 0 bridgehead atoms. The molecule has 2 heterocycles. The number of fused-ring (bicyclic) bond motifs is 1. The van der Waals surface area contributed by atoms with Crippen molar-refractivity contribution >= 4 is 16.8 Å². The number of benzene rings is 2. The highest BCUT2D eigenvalue weighted by molar-refractivity contribution is 5.84. The van der Waals surface area contributed by atoms with E-state index in [0.29, 0.717) is 12.8 Å². The molecular formula is C23H24N4O2. The number of aromatic amines is 1. The number of ether oxygens (including phenoxy) is 1. The number of nitrogens with one attached hydrogen (secondary N) is 2. The fourth-order valence-electron chi connectivity index (χ4n) is 3.66. The number of para-hydroxylation sites is 2. The molecule has 6 nitrogen and oxygen atoms in total. The van der Waals surface area contributed by atoms with Crippen LogP contribution in [0.4, 0.5) is 0 Å². The van der Waals surface area contributed by atoms with Crippen LogP contribution in [0, 0.1) is 0 Å². The van der Waals surface area contributed by atoms with Gasteiger partial charge in [0.05, 0.1) is 7.11 Å². The molecule has 148 valence electrons. The Bertz CT molecular complexity index is 1130. The van der Waals surface area contributed by atoms with Gasteiger partial charge in [-0.05, 0) is 24.1 Å². The van der Waals surface area contributed by atoms with Crippen LogP contribution in [0.1, 0.15) is 29.4 Å². The van der Waals surface area contributed by atoms with E-state index in [4.69, 9.17) is 4.74 Å². The van der Waals surface area contributed by atoms with Crippen molar-refractivity contribution in [3.63, 3.8) is 0 Å². The fraction of sp³-hybridized carbons (Fsp3) is 0.217. The molecule has 2 aromatic carbocycles. The summed E-state index contributed by atoms with van der Waals surface area (Å²) < 4.78 is 7.43. The van der Waals surface area contributed by atoms with Crippen LogP contribution in [0.15, 0.2) is 67.1 Å². The average Bonchev–Trinajstić information content (AvgIpc) is 3.36. The van der Waals surface area contributed by atoms with E-state index >= 15 is 0 Å². The number of methoxy groups -OCH3 is 1. The highest BCUT2D eigenvalue weighted by Crippen LogP contribution is 2.29. The SMILES string of the molecule is COc1ccccc1C(NC(=O)CCc1c[nH]c2ccccc12)c1nccn1C. The summed E-state index contributed by atoms with van der Waals surface area (Å²) in [5.41, 5.74) is 3.11. The number of nitrogens with zero attached hydrogens (tertiary/aromatic N) is 2. The predicted octanol–water partition coefficient (Wildman–Crippen LogP) is 3.75. The summed E-state index contributed by atoms with van der Waals surface area (Å²) >= 11 is 0. The van der Waals surface area contributed by atoms with Crippen molar-refractivity contribution in [3.05, 3.63) is 84.1 Å². The van der Waals surface area contributed by atoms with Gasteiger partial charge in [0.2, 0.25) is 5.91 Å². The van der Waals surface area contributed by atoms with Gasteiger partial charge in [-0.15, -0.1) is 0 Å². The van der Waals surface area contributed by atoms with Crippen LogP contribution < -0.4 is 10.1 Å². The first-order valence-electron chi connectivity index (χ1n) is 9.62. The van der Waals surface area contributed by atoms with Gasteiger partial charge in [-0.1, -0.05) is 36.4 Å². The van der Waals surface area contributed by atoms with Gasteiger partial charge in [-0.3, -0.25) is 4.79 Å². The maximum Gasteiger partial charge on any atom is 0.221 e. The number of rotatable bonds is 7. The van der Waals surface area contributed by atoms with Gasteiger partial charge < -0.3 is 19.6 Å². The number of carbonyl (C=O) groups is 1. The second kappa shape index (κ2) is 8.22. The number of hydrogen-bond acceptors (Lipinski definition) is 3. The second-order valence-electron chi connectivity index (χ2n) is 7.00. The molecule has 0 spiro atoms. The van der Waals surface area contributed by atoms with Crippen molar-refractivity contribution in [1.82, 2.24) is 19.9 Å². The number of aryl methyl sites for hydroxylation is 2. The fourth-order valence-corrected chi connectivity index (χ4v) is 3.66. The molecule has 2 N–H and O–H groups in total. The lowest BCUT2D eigenvalue weighted by molar-refractivity contribution is -0.121. The number of aromatic nitrogens is 3. The van der Waals surface area contributed by atoms with E-state index in [2.05, 4.69) is 21.4 Å². The monoisotopic (exact) mass is 388 g/mol. The summed E-state index contributed by atoms with van der Waals surface area (Å²) in [4.78, 5) is 20.6. The van der Waals surface area contributed by atoms with Gasteiger partial charge in [0, 0.05) is 48.5 Å². The van der Waals surface area contributed by atoms with Crippen LogP contribution in [0.25, 0.3) is 10.9 Å². The lowest BCUT2D eigenvalue weighted by atomic mass is 10.0. The van der Waals surface area contributed by atoms with Gasteiger partial charge in [0.25, 0.3) is 0 Å². The van der Waals surface area contributed by atoms with E-state index in [9.17, 15) is 4.79 Å². The van der Waals surface area contributed by atoms with E-state index in [1.807, 2.05) is 66.5 Å². The molecule has 6 heteroatoms. The lowest BCUT2D eigenvalue weighted by Crippen LogP contribution is -2.31. The molecule has 0 radical (unpaired) electrons. The molecule has 1 atom stereocenters. The number of imidazole rings is 1. The van der Waals surface area contributed by atoms with Gasteiger partial charge in [-0.2, -0.15) is 0 Å². The highest BCUT2D eigenvalue weighted by atomic mass is 16.5. The van der Waals surface area contributed by atoms with Crippen molar-refractivity contribution in [2.75, 3.05) is 7.11 Å². The minimum atomic E-state index is -0.387. The summed E-state index contributed by atoms with van der Waals surface area (Å²) in [6.45, 7) is 0.